The average molecular weight is 682 g/mol. The van der Waals surface area contributed by atoms with E-state index in [-0.39, 0.29) is 41.0 Å². The van der Waals surface area contributed by atoms with Crippen molar-refractivity contribution in [3.05, 3.63) is 66.1 Å². The summed E-state index contributed by atoms with van der Waals surface area (Å²) in [4.78, 5) is 26.9. The Hall–Kier alpha value is -4.34. The van der Waals surface area contributed by atoms with Crippen molar-refractivity contribution < 1.29 is 27.8 Å². The van der Waals surface area contributed by atoms with Gasteiger partial charge in [-0.15, -0.1) is 5.10 Å². The molecular formula is C34H42F3N9O3. The summed E-state index contributed by atoms with van der Waals surface area (Å²) >= 11 is 0. The number of alkyl halides is 2. The number of carbonyl (C=O) groups is 1. The van der Waals surface area contributed by atoms with Crippen molar-refractivity contribution in [3.63, 3.8) is 0 Å². The molecule has 2 fully saturated rings. The average Bonchev–Trinajstić information content (AvgIpc) is 3.65. The van der Waals surface area contributed by atoms with Crippen molar-refractivity contribution >= 4 is 16.9 Å². The van der Waals surface area contributed by atoms with Gasteiger partial charge in [0.15, 0.2) is 0 Å². The van der Waals surface area contributed by atoms with E-state index in [2.05, 4.69) is 25.2 Å². The molecule has 1 aromatic carbocycles. The molecule has 6 rings (SSSR count). The number of aliphatic hydroxyl groups is 1. The van der Waals surface area contributed by atoms with Gasteiger partial charge in [0.25, 0.3) is 0 Å². The zero-order valence-electron chi connectivity index (χ0n) is 28.1. The van der Waals surface area contributed by atoms with Crippen LogP contribution in [0.5, 0.6) is 5.75 Å². The van der Waals surface area contributed by atoms with Crippen LogP contribution in [-0.4, -0.2) is 115 Å². The Bertz CT molecular complexity index is 1790. The van der Waals surface area contributed by atoms with E-state index in [1.54, 1.807) is 18.2 Å². The highest BCUT2D eigenvalue weighted by atomic mass is 19.3. The van der Waals surface area contributed by atoms with E-state index < -0.39 is 18.0 Å². The third-order valence-corrected chi connectivity index (χ3v) is 9.25. The van der Waals surface area contributed by atoms with Gasteiger partial charge in [0.2, 0.25) is 5.91 Å². The predicted molar refractivity (Wildman–Crippen MR) is 176 cm³/mol. The summed E-state index contributed by atoms with van der Waals surface area (Å²) in [5.74, 6) is 0.0705. The van der Waals surface area contributed by atoms with E-state index in [9.17, 15) is 23.1 Å². The Morgan fingerprint density at radius 2 is 1.94 bits per heavy atom. The van der Waals surface area contributed by atoms with E-state index in [1.807, 2.05) is 41.6 Å². The van der Waals surface area contributed by atoms with Crippen molar-refractivity contribution in [2.75, 3.05) is 60.0 Å². The number of amides is 1. The van der Waals surface area contributed by atoms with Crippen LogP contribution in [-0.2, 0) is 10.4 Å². The van der Waals surface area contributed by atoms with Crippen LogP contribution in [0.2, 0.25) is 0 Å². The molecule has 12 nitrogen and oxygen atoms in total. The number of piperidine rings is 1. The molecule has 49 heavy (non-hydrogen) atoms. The molecule has 0 radical (unpaired) electrons. The minimum atomic E-state index is -2.87. The fourth-order valence-electron chi connectivity index (χ4n) is 6.52. The van der Waals surface area contributed by atoms with Gasteiger partial charge >= 0.3 is 6.55 Å². The summed E-state index contributed by atoms with van der Waals surface area (Å²) in [5, 5.41) is 20.0. The van der Waals surface area contributed by atoms with E-state index in [0.29, 0.717) is 21.7 Å². The number of pyridine rings is 1. The van der Waals surface area contributed by atoms with Crippen molar-refractivity contribution in [1.29, 1.82) is 0 Å². The lowest BCUT2D eigenvalue weighted by Crippen LogP contribution is -2.54. The zero-order chi connectivity index (χ0) is 34.9. The van der Waals surface area contributed by atoms with Crippen LogP contribution in [0.4, 0.5) is 13.2 Å². The number of hydrogen-bond acceptors (Lipinski definition) is 9. The molecule has 1 atom stereocenters. The van der Waals surface area contributed by atoms with Crippen LogP contribution < -0.4 is 4.74 Å². The summed E-state index contributed by atoms with van der Waals surface area (Å²) in [5.41, 5.74) is 0.860. The largest absolute Gasteiger partial charge is 0.488 e. The SMILES string of the molecule is Cc1c(-c2cc(OCC(C)(O)c3ccc(F)cn3)c3c(c2)ncn3C(F)F)nnn1C1CCN(CC2CN(C(=O)/C=C/CN(C)C)C2)CC1. The Kier molecular flexibility index (Phi) is 10.0. The number of imidazole rings is 1. The first-order chi connectivity index (χ1) is 23.4. The highest BCUT2D eigenvalue weighted by Gasteiger charge is 2.33. The smallest absolute Gasteiger partial charge is 0.320 e. The monoisotopic (exact) mass is 681 g/mol. The topological polar surface area (TPSA) is 118 Å². The van der Waals surface area contributed by atoms with Crippen LogP contribution >= 0.6 is 0 Å². The number of fused-ring (bicyclic) bond motifs is 1. The van der Waals surface area contributed by atoms with Crippen LogP contribution in [0, 0.1) is 18.7 Å². The number of halogens is 3. The summed E-state index contributed by atoms with van der Waals surface area (Å²) in [6.45, 7) is 5.25. The Morgan fingerprint density at radius 1 is 1.18 bits per heavy atom. The lowest BCUT2D eigenvalue weighted by atomic mass is 9.97. The molecule has 1 unspecified atom stereocenters. The second kappa shape index (κ2) is 14.3. The molecule has 2 aliphatic rings. The number of carbonyl (C=O) groups excluding carboxylic acids is 1. The minimum absolute atomic E-state index is 0.0683. The van der Waals surface area contributed by atoms with Gasteiger partial charge in [0, 0.05) is 56.8 Å². The summed E-state index contributed by atoms with van der Waals surface area (Å²) in [6, 6.07) is 5.95. The fourth-order valence-corrected chi connectivity index (χ4v) is 6.52. The van der Waals surface area contributed by atoms with E-state index in [1.165, 1.54) is 19.1 Å². The molecule has 2 aliphatic heterocycles. The van der Waals surface area contributed by atoms with Crippen molar-refractivity contribution in [2.45, 2.75) is 44.9 Å². The summed E-state index contributed by atoms with van der Waals surface area (Å²) in [6.07, 6.45) is 7.38. The number of ether oxygens (including phenoxy) is 1. The molecule has 2 saturated heterocycles. The van der Waals surface area contributed by atoms with E-state index >= 15 is 0 Å². The predicted octanol–water partition coefficient (Wildman–Crippen LogP) is 4.03. The van der Waals surface area contributed by atoms with Crippen LogP contribution in [0.3, 0.4) is 0 Å². The molecule has 0 saturated carbocycles. The van der Waals surface area contributed by atoms with E-state index in [4.69, 9.17) is 4.74 Å². The van der Waals surface area contributed by atoms with Gasteiger partial charge in [-0.1, -0.05) is 11.3 Å². The van der Waals surface area contributed by atoms with Gasteiger partial charge in [-0.25, -0.2) is 14.1 Å². The Morgan fingerprint density at radius 3 is 2.61 bits per heavy atom. The maximum absolute atomic E-state index is 13.9. The minimum Gasteiger partial charge on any atom is -0.488 e. The van der Waals surface area contributed by atoms with E-state index in [0.717, 1.165) is 70.3 Å². The first kappa shape index (κ1) is 34.5. The van der Waals surface area contributed by atoms with Crippen LogP contribution in [0.25, 0.3) is 22.3 Å². The molecule has 0 bridgehead atoms. The van der Waals surface area contributed by atoms with Gasteiger partial charge < -0.3 is 24.5 Å². The number of benzene rings is 1. The summed E-state index contributed by atoms with van der Waals surface area (Å²) in [7, 11) is 3.94. The maximum Gasteiger partial charge on any atom is 0.320 e. The number of aromatic nitrogens is 6. The van der Waals surface area contributed by atoms with Gasteiger partial charge in [0.05, 0.1) is 29.1 Å². The molecule has 3 aromatic heterocycles. The fraction of sp³-hybridized carbons (Fsp3) is 0.500. The standard InChI is InChI=1S/C34H42F3N9O3/c1-22-31(40-41-46(22)26-9-12-43(13-10-26)17-23-18-44(19-23)30(47)6-5-11-42(3)4)24-14-27-32(45(21-39-27)33(36)37)28(15-24)49-20-34(2,48)29-8-7-25(35)16-38-29/h5-8,14-16,21,23,26,33,48H,9-13,17-20H2,1-4H3/b6-5+. The van der Waals surface area contributed by atoms with Gasteiger partial charge in [0.1, 0.15) is 41.3 Å². The lowest BCUT2D eigenvalue weighted by molar-refractivity contribution is -0.132. The van der Waals surface area contributed by atoms with Crippen LogP contribution in [0.15, 0.2) is 48.9 Å². The maximum atomic E-state index is 13.9. The quantitative estimate of drug-likeness (QED) is 0.221. The van der Waals surface area contributed by atoms with Gasteiger partial charge in [-0.2, -0.15) is 8.78 Å². The molecule has 5 heterocycles. The molecular weight excluding hydrogens is 639 g/mol. The third-order valence-electron chi connectivity index (χ3n) is 9.25. The molecule has 0 spiro atoms. The Balaban J connectivity index is 1.12. The second-order valence-electron chi connectivity index (χ2n) is 13.5. The number of rotatable bonds is 12. The normalized spacial score (nSPS) is 17.8. The first-order valence-electron chi connectivity index (χ1n) is 16.4. The molecule has 1 amide bonds. The highest BCUT2D eigenvalue weighted by Crippen LogP contribution is 2.36. The number of hydrogen-bond donors (Lipinski definition) is 1. The Labute approximate surface area is 282 Å². The molecule has 0 aliphatic carbocycles. The second-order valence-corrected chi connectivity index (χ2v) is 13.5. The van der Waals surface area contributed by atoms with Gasteiger partial charge in [-0.05, 0) is 65.0 Å². The van der Waals surface area contributed by atoms with Crippen LogP contribution in [0.1, 0.15) is 43.7 Å². The number of nitrogens with zero attached hydrogens (tertiary/aromatic N) is 9. The zero-order valence-corrected chi connectivity index (χ0v) is 28.1. The third kappa shape index (κ3) is 7.63. The number of likely N-dealkylation sites (tertiary alicyclic amines) is 2. The molecule has 4 aromatic rings. The van der Waals surface area contributed by atoms with Crippen molar-refractivity contribution in [3.8, 4) is 17.0 Å². The first-order valence-corrected chi connectivity index (χ1v) is 16.4. The van der Waals surface area contributed by atoms with Crippen molar-refractivity contribution in [2.24, 2.45) is 5.92 Å². The summed E-state index contributed by atoms with van der Waals surface area (Å²) < 4.78 is 49.9. The van der Waals surface area contributed by atoms with Gasteiger partial charge in [-0.3, -0.25) is 14.3 Å². The van der Waals surface area contributed by atoms with Crippen molar-refractivity contribution in [1.82, 2.24) is 44.2 Å². The lowest BCUT2D eigenvalue weighted by Gasteiger charge is -2.42. The molecule has 15 heteroatoms. The molecule has 262 valence electrons. The molecule has 1 N–H and O–H groups in total. The highest BCUT2D eigenvalue weighted by molar-refractivity contribution is 5.88. The number of likely N-dealkylation sites (N-methyl/N-ethyl adjacent to an activating group) is 1.